The predicted molar refractivity (Wildman–Crippen MR) is 44.4 cm³/mol. The number of hydrogen-bond acceptors (Lipinski definition) is 7. The summed E-state index contributed by atoms with van der Waals surface area (Å²) < 4.78 is 9.71. The summed E-state index contributed by atoms with van der Waals surface area (Å²) in [5.74, 6) is 0. The van der Waals surface area contributed by atoms with Crippen LogP contribution in [0.15, 0.2) is 5.18 Å². The van der Waals surface area contributed by atoms with Crippen LogP contribution in [0.25, 0.3) is 0 Å². The summed E-state index contributed by atoms with van der Waals surface area (Å²) in [5.41, 5.74) is 0. The van der Waals surface area contributed by atoms with E-state index in [0.29, 0.717) is 0 Å². The predicted octanol–water partition coefficient (Wildman–Crippen LogP) is -1.79. The van der Waals surface area contributed by atoms with Gasteiger partial charge in [0.1, 0.15) is 31.0 Å². The number of aliphatic hydroxyl groups is 3. The summed E-state index contributed by atoms with van der Waals surface area (Å²) >= 11 is 0. The number of hydrogen-bond donors (Lipinski definition) is 3. The van der Waals surface area contributed by atoms with E-state index in [1.54, 1.807) is 0 Å². The fourth-order valence-corrected chi connectivity index (χ4v) is 1.34. The fourth-order valence-electron chi connectivity index (χ4n) is 1.34. The Kier molecular flexibility index (Phi) is 3.90. The van der Waals surface area contributed by atoms with Crippen LogP contribution in [0.4, 0.5) is 0 Å². The third kappa shape index (κ3) is 2.07. The molecule has 5 atom stereocenters. The first-order valence-electron chi connectivity index (χ1n) is 4.13. The summed E-state index contributed by atoms with van der Waals surface area (Å²) in [5, 5.41) is 30.6. The quantitative estimate of drug-likeness (QED) is 0.471. The summed E-state index contributed by atoms with van der Waals surface area (Å²) in [6, 6.07) is 0. The Balaban J connectivity index is 2.67. The monoisotopic (exact) mass is 207 g/mol. The lowest BCUT2D eigenvalue weighted by atomic mass is 9.99. The number of ether oxygens (including phenoxy) is 2. The molecule has 5 unspecified atom stereocenters. The van der Waals surface area contributed by atoms with E-state index < -0.39 is 30.7 Å². The van der Waals surface area contributed by atoms with Crippen molar-refractivity contribution < 1.29 is 24.8 Å². The topological polar surface area (TPSA) is 109 Å². The lowest BCUT2D eigenvalue weighted by molar-refractivity contribution is -0.287. The molecular weight excluding hydrogens is 194 g/mol. The Morgan fingerprint density at radius 2 is 1.93 bits per heavy atom. The van der Waals surface area contributed by atoms with Gasteiger partial charge in [-0.2, -0.15) is 4.91 Å². The Hall–Kier alpha value is -0.600. The van der Waals surface area contributed by atoms with Crippen LogP contribution in [-0.2, 0) is 9.47 Å². The van der Waals surface area contributed by atoms with Gasteiger partial charge < -0.3 is 24.8 Å². The molecule has 0 radical (unpaired) electrons. The number of nitrogens with zero attached hydrogens (tertiary/aromatic N) is 1. The summed E-state index contributed by atoms with van der Waals surface area (Å²) in [6.07, 6.45) is -6.08. The maximum Gasteiger partial charge on any atom is 0.186 e. The normalized spacial score (nSPS) is 43.6. The second kappa shape index (κ2) is 4.76. The minimum Gasteiger partial charge on any atom is -0.388 e. The van der Waals surface area contributed by atoms with Crippen LogP contribution in [0.3, 0.4) is 0 Å². The molecule has 7 nitrogen and oxygen atoms in total. The number of aliphatic hydroxyl groups excluding tert-OH is 3. The van der Waals surface area contributed by atoms with Crippen LogP contribution in [0, 0.1) is 4.91 Å². The molecule has 0 aromatic carbocycles. The lowest BCUT2D eigenvalue weighted by Crippen LogP contribution is -2.58. The van der Waals surface area contributed by atoms with Gasteiger partial charge in [0.15, 0.2) is 6.29 Å². The number of methoxy groups -OCH3 is 1. The molecule has 1 heterocycles. The van der Waals surface area contributed by atoms with Gasteiger partial charge in [0, 0.05) is 7.11 Å². The summed E-state index contributed by atoms with van der Waals surface area (Å²) in [6.45, 7) is -0.301. The molecule has 1 rings (SSSR count). The highest BCUT2D eigenvalue weighted by molar-refractivity contribution is 4.89. The van der Waals surface area contributed by atoms with Crippen molar-refractivity contribution in [2.45, 2.75) is 30.7 Å². The van der Waals surface area contributed by atoms with Crippen molar-refractivity contribution in [3.8, 4) is 0 Å². The third-order valence-corrected chi connectivity index (χ3v) is 2.16. The molecule has 1 fully saturated rings. The molecule has 82 valence electrons. The molecule has 1 saturated heterocycles. The maximum absolute atomic E-state index is 9.98. The van der Waals surface area contributed by atoms with Crippen molar-refractivity contribution in [3.63, 3.8) is 0 Å². The van der Waals surface area contributed by atoms with Gasteiger partial charge in [-0.05, 0) is 0 Å². The van der Waals surface area contributed by atoms with Crippen LogP contribution >= 0.6 is 0 Å². The van der Waals surface area contributed by atoms with E-state index >= 15 is 0 Å². The summed E-state index contributed by atoms with van der Waals surface area (Å²) in [7, 11) is 1.28. The van der Waals surface area contributed by atoms with Crippen LogP contribution in [0.2, 0.25) is 0 Å². The smallest absolute Gasteiger partial charge is 0.186 e. The van der Waals surface area contributed by atoms with Crippen LogP contribution in [0.5, 0.6) is 0 Å². The van der Waals surface area contributed by atoms with E-state index in [1.807, 2.05) is 0 Å². The van der Waals surface area contributed by atoms with E-state index in [4.69, 9.17) is 9.47 Å². The van der Waals surface area contributed by atoms with Gasteiger partial charge in [-0.3, -0.25) is 0 Å². The Morgan fingerprint density at radius 3 is 2.43 bits per heavy atom. The van der Waals surface area contributed by atoms with E-state index in [1.165, 1.54) is 7.11 Å². The van der Waals surface area contributed by atoms with Gasteiger partial charge in [0.05, 0.1) is 0 Å². The Labute approximate surface area is 80.2 Å². The molecule has 0 amide bonds. The second-order valence-electron chi connectivity index (χ2n) is 3.06. The molecular formula is C7H13NO6. The van der Waals surface area contributed by atoms with Gasteiger partial charge in [-0.1, -0.05) is 5.18 Å². The van der Waals surface area contributed by atoms with Crippen molar-refractivity contribution in [3.05, 3.63) is 4.91 Å². The second-order valence-corrected chi connectivity index (χ2v) is 3.06. The fraction of sp³-hybridized carbons (Fsp3) is 1.00. The SMILES string of the molecule is COC1OC(CN=O)C(O)C(O)C1O. The molecule has 1 aliphatic rings. The molecule has 0 bridgehead atoms. The van der Waals surface area contributed by atoms with Crippen molar-refractivity contribution in [2.75, 3.05) is 13.7 Å². The van der Waals surface area contributed by atoms with Crippen molar-refractivity contribution in [1.82, 2.24) is 0 Å². The average Bonchev–Trinajstić information content (AvgIpc) is 2.19. The molecule has 14 heavy (non-hydrogen) atoms. The minimum absolute atomic E-state index is 0.301. The zero-order chi connectivity index (χ0) is 10.7. The van der Waals surface area contributed by atoms with Gasteiger partial charge in [-0.25, -0.2) is 0 Å². The summed E-state index contributed by atoms with van der Waals surface area (Å²) in [4.78, 5) is 9.98. The van der Waals surface area contributed by atoms with Gasteiger partial charge in [0.25, 0.3) is 0 Å². The van der Waals surface area contributed by atoms with Crippen molar-refractivity contribution >= 4 is 0 Å². The van der Waals surface area contributed by atoms with Gasteiger partial charge in [0.2, 0.25) is 0 Å². The van der Waals surface area contributed by atoms with Crippen LogP contribution < -0.4 is 0 Å². The van der Waals surface area contributed by atoms with Crippen LogP contribution in [0.1, 0.15) is 0 Å². The third-order valence-electron chi connectivity index (χ3n) is 2.16. The molecule has 0 aromatic rings. The van der Waals surface area contributed by atoms with E-state index in [0.717, 1.165) is 0 Å². The first kappa shape index (κ1) is 11.5. The highest BCUT2D eigenvalue weighted by Gasteiger charge is 2.43. The number of nitroso groups, excluding NO2 is 1. The molecule has 0 aliphatic carbocycles. The van der Waals surface area contributed by atoms with Gasteiger partial charge >= 0.3 is 0 Å². The largest absolute Gasteiger partial charge is 0.388 e. The standard InChI is InChI=1S/C7H13NO6/c1-13-7-6(11)5(10)4(9)3(14-7)2-8-12/h3-7,9-11H,2H2,1H3. The molecule has 0 spiro atoms. The van der Waals surface area contributed by atoms with Crippen molar-refractivity contribution in [2.24, 2.45) is 5.18 Å². The Morgan fingerprint density at radius 1 is 1.29 bits per heavy atom. The molecule has 0 aromatic heterocycles. The van der Waals surface area contributed by atoms with E-state index in [2.05, 4.69) is 5.18 Å². The first-order chi connectivity index (χ1) is 6.61. The van der Waals surface area contributed by atoms with E-state index in [-0.39, 0.29) is 6.54 Å². The van der Waals surface area contributed by atoms with Gasteiger partial charge in [-0.15, -0.1) is 0 Å². The Bertz CT molecular complexity index is 199. The molecule has 0 saturated carbocycles. The van der Waals surface area contributed by atoms with E-state index in [9.17, 15) is 20.2 Å². The molecule has 1 aliphatic heterocycles. The highest BCUT2D eigenvalue weighted by Crippen LogP contribution is 2.21. The highest BCUT2D eigenvalue weighted by atomic mass is 16.7. The maximum atomic E-state index is 9.98. The first-order valence-corrected chi connectivity index (χ1v) is 4.13. The van der Waals surface area contributed by atoms with Crippen LogP contribution in [-0.4, -0.2) is 59.7 Å². The average molecular weight is 207 g/mol. The van der Waals surface area contributed by atoms with Crippen molar-refractivity contribution in [1.29, 1.82) is 0 Å². The molecule has 7 heteroatoms. The lowest BCUT2D eigenvalue weighted by Gasteiger charge is -2.38. The number of rotatable bonds is 3. The zero-order valence-electron chi connectivity index (χ0n) is 7.61. The minimum atomic E-state index is -1.40. The zero-order valence-corrected chi connectivity index (χ0v) is 7.61. The molecule has 3 N–H and O–H groups in total.